The number of benzene rings is 1. The third-order valence-electron chi connectivity index (χ3n) is 7.63. The first-order valence-corrected chi connectivity index (χ1v) is 13.6. The Labute approximate surface area is 240 Å². The van der Waals surface area contributed by atoms with E-state index in [9.17, 15) is 5.26 Å². The molecule has 2 saturated heterocycles. The summed E-state index contributed by atoms with van der Waals surface area (Å²) >= 11 is 12.5. The summed E-state index contributed by atoms with van der Waals surface area (Å²) in [5.41, 5.74) is 2.27. The number of pyridine rings is 2. The predicted octanol–water partition coefficient (Wildman–Crippen LogP) is 5.39. The molecule has 2 aliphatic heterocycles. The number of ether oxygens (including phenoxy) is 2. The Morgan fingerprint density at radius 3 is 2.60 bits per heavy atom. The average Bonchev–Trinajstić information content (AvgIpc) is 3.38. The van der Waals surface area contributed by atoms with E-state index >= 15 is 4.39 Å². The van der Waals surface area contributed by atoms with Crippen LogP contribution in [0.2, 0.25) is 10.0 Å². The monoisotopic (exact) mass is 581 g/mol. The Hall–Kier alpha value is -3.49. The quantitative estimate of drug-likeness (QED) is 0.323. The lowest BCUT2D eigenvalue weighted by Gasteiger charge is -2.55. The molecule has 0 spiro atoms. The van der Waals surface area contributed by atoms with E-state index in [1.54, 1.807) is 25.3 Å². The maximum absolute atomic E-state index is 15.9. The second-order valence-electron chi connectivity index (χ2n) is 10.3. The van der Waals surface area contributed by atoms with Crippen molar-refractivity contribution in [3.63, 3.8) is 0 Å². The van der Waals surface area contributed by atoms with Crippen LogP contribution in [0, 0.1) is 17.1 Å². The topological polar surface area (TPSA) is 103 Å². The molecule has 1 N–H and O–H groups in total. The van der Waals surface area contributed by atoms with Gasteiger partial charge in [-0.1, -0.05) is 23.2 Å². The van der Waals surface area contributed by atoms with Crippen molar-refractivity contribution in [3.8, 4) is 23.1 Å². The van der Waals surface area contributed by atoms with Gasteiger partial charge in [-0.15, -0.1) is 0 Å². The highest BCUT2D eigenvalue weighted by atomic mass is 35.5. The van der Waals surface area contributed by atoms with E-state index in [0.29, 0.717) is 43.8 Å². The van der Waals surface area contributed by atoms with Crippen molar-refractivity contribution in [2.24, 2.45) is 0 Å². The first kappa shape index (κ1) is 26.7. The SMILES string of the molecule is C[C@@H](Oc1ccc2[nH]nc(-c3cnc(N4CC(C)(N5CCOCC5)C4)c(C#N)c3)c2c1F)c1c(Cl)cncc1Cl. The number of halogens is 3. The molecule has 9 nitrogen and oxygen atoms in total. The van der Waals surface area contributed by atoms with Gasteiger partial charge in [0.15, 0.2) is 11.6 Å². The van der Waals surface area contributed by atoms with Crippen LogP contribution < -0.4 is 9.64 Å². The van der Waals surface area contributed by atoms with E-state index in [2.05, 4.69) is 43.0 Å². The van der Waals surface area contributed by atoms with Crippen LogP contribution in [0.15, 0.2) is 36.8 Å². The summed E-state index contributed by atoms with van der Waals surface area (Å²) in [4.78, 5) is 13.1. The van der Waals surface area contributed by atoms with Crippen molar-refractivity contribution < 1.29 is 13.9 Å². The lowest BCUT2D eigenvalue weighted by Crippen LogP contribution is -2.70. The zero-order chi connectivity index (χ0) is 28.0. The lowest BCUT2D eigenvalue weighted by atomic mass is 9.89. The maximum atomic E-state index is 15.9. The third kappa shape index (κ3) is 4.63. The first-order chi connectivity index (χ1) is 19.3. The molecule has 206 valence electrons. The molecule has 3 aromatic heterocycles. The van der Waals surface area contributed by atoms with Gasteiger partial charge in [0.25, 0.3) is 0 Å². The number of rotatable bonds is 6. The number of nitriles is 1. The Kier molecular flexibility index (Phi) is 7.00. The van der Waals surface area contributed by atoms with Gasteiger partial charge in [0, 0.05) is 55.9 Å². The summed E-state index contributed by atoms with van der Waals surface area (Å²) in [7, 11) is 0. The summed E-state index contributed by atoms with van der Waals surface area (Å²) in [6, 6.07) is 7.17. The molecule has 4 aromatic rings. The van der Waals surface area contributed by atoms with Gasteiger partial charge < -0.3 is 14.4 Å². The number of nitrogens with zero attached hydrogens (tertiary/aromatic N) is 6. The normalized spacial score (nSPS) is 17.9. The van der Waals surface area contributed by atoms with Gasteiger partial charge in [-0.25, -0.2) is 9.37 Å². The molecule has 0 bridgehead atoms. The van der Waals surface area contributed by atoms with Crippen molar-refractivity contribution in [1.29, 1.82) is 5.26 Å². The first-order valence-electron chi connectivity index (χ1n) is 12.9. The molecule has 5 heterocycles. The molecular formula is C28H26Cl2FN7O2. The van der Waals surface area contributed by atoms with E-state index in [-0.39, 0.29) is 16.7 Å². The van der Waals surface area contributed by atoms with E-state index in [4.69, 9.17) is 32.7 Å². The summed E-state index contributed by atoms with van der Waals surface area (Å²) in [5, 5.41) is 18.1. The molecule has 0 amide bonds. The van der Waals surface area contributed by atoms with Crippen LogP contribution in [0.3, 0.4) is 0 Å². The summed E-state index contributed by atoms with van der Waals surface area (Å²) < 4.78 is 27.3. The number of hydrogen-bond donors (Lipinski definition) is 1. The number of aromatic nitrogens is 4. The Morgan fingerprint density at radius 2 is 1.90 bits per heavy atom. The van der Waals surface area contributed by atoms with Crippen molar-refractivity contribution in [2.75, 3.05) is 44.3 Å². The van der Waals surface area contributed by atoms with E-state index in [1.807, 2.05) is 0 Å². The van der Waals surface area contributed by atoms with Crippen LogP contribution in [-0.4, -0.2) is 70.0 Å². The van der Waals surface area contributed by atoms with Crippen molar-refractivity contribution in [3.05, 3.63) is 63.8 Å². The minimum atomic E-state index is -0.642. The van der Waals surface area contributed by atoms with E-state index in [0.717, 1.165) is 39.4 Å². The molecule has 40 heavy (non-hydrogen) atoms. The molecule has 2 fully saturated rings. The number of fused-ring (bicyclic) bond motifs is 1. The van der Waals surface area contributed by atoms with Gasteiger partial charge >= 0.3 is 0 Å². The summed E-state index contributed by atoms with van der Waals surface area (Å²) in [6.45, 7) is 8.74. The van der Waals surface area contributed by atoms with Crippen molar-refractivity contribution in [2.45, 2.75) is 25.5 Å². The largest absolute Gasteiger partial charge is 0.483 e. The smallest absolute Gasteiger partial charge is 0.176 e. The second-order valence-corrected chi connectivity index (χ2v) is 11.1. The van der Waals surface area contributed by atoms with Crippen molar-refractivity contribution >= 4 is 39.9 Å². The Bertz CT molecular complexity index is 1610. The van der Waals surface area contributed by atoms with Crippen LogP contribution >= 0.6 is 23.2 Å². The minimum absolute atomic E-state index is 0.0106. The number of H-pyrrole nitrogens is 1. The standard InChI is InChI=1S/C28H26Cl2FN7O2/c1-16(23-19(29)12-33-13-20(23)30)40-22-4-3-21-24(25(22)31)26(36-35-21)18-9-17(10-32)27(34-11-18)37-14-28(2,15-37)38-5-7-39-8-6-38/h3-4,9,11-13,16H,5-8,14-15H2,1-2H3,(H,35,36)/t16-/m1/s1. The highest BCUT2D eigenvalue weighted by molar-refractivity contribution is 6.35. The third-order valence-corrected chi connectivity index (χ3v) is 8.23. The molecular weight excluding hydrogens is 556 g/mol. The van der Waals surface area contributed by atoms with Crippen molar-refractivity contribution in [1.82, 2.24) is 25.1 Å². The van der Waals surface area contributed by atoms with Gasteiger partial charge in [-0.3, -0.25) is 15.0 Å². The van der Waals surface area contributed by atoms with Gasteiger partial charge in [0.05, 0.1) is 45.3 Å². The van der Waals surface area contributed by atoms with Crippen LogP contribution in [0.4, 0.5) is 10.2 Å². The van der Waals surface area contributed by atoms with Gasteiger partial charge in [-0.05, 0) is 32.0 Å². The molecule has 0 unspecified atom stereocenters. The van der Waals surface area contributed by atoms with Gasteiger partial charge in [-0.2, -0.15) is 10.4 Å². The van der Waals surface area contributed by atoms with E-state index in [1.165, 1.54) is 18.5 Å². The zero-order valence-electron chi connectivity index (χ0n) is 21.9. The van der Waals surface area contributed by atoms with E-state index < -0.39 is 11.9 Å². The Balaban J connectivity index is 1.28. The molecule has 2 aliphatic rings. The highest BCUT2D eigenvalue weighted by Crippen LogP contribution is 2.39. The van der Waals surface area contributed by atoms with Crippen LogP contribution in [0.5, 0.6) is 5.75 Å². The second kappa shape index (κ2) is 10.5. The molecule has 1 atom stereocenters. The molecule has 6 rings (SSSR count). The molecule has 12 heteroatoms. The number of nitrogens with one attached hydrogen (secondary N) is 1. The predicted molar refractivity (Wildman–Crippen MR) is 150 cm³/mol. The number of aromatic amines is 1. The lowest BCUT2D eigenvalue weighted by molar-refractivity contribution is -0.0266. The minimum Gasteiger partial charge on any atom is -0.483 e. The van der Waals surface area contributed by atoms with Crippen LogP contribution in [-0.2, 0) is 4.74 Å². The molecule has 0 saturated carbocycles. The number of hydrogen-bond acceptors (Lipinski definition) is 8. The number of morpholine rings is 1. The fourth-order valence-corrected chi connectivity index (χ4v) is 6.23. The maximum Gasteiger partial charge on any atom is 0.176 e. The molecule has 0 radical (unpaired) electrons. The number of anilines is 1. The van der Waals surface area contributed by atoms with Crippen LogP contribution in [0.1, 0.15) is 31.1 Å². The zero-order valence-corrected chi connectivity index (χ0v) is 23.4. The Morgan fingerprint density at radius 1 is 1.18 bits per heavy atom. The summed E-state index contributed by atoms with van der Waals surface area (Å²) in [5.74, 6) is 0.0296. The fraction of sp³-hybridized carbons (Fsp3) is 0.357. The molecule has 0 aliphatic carbocycles. The average molecular weight is 582 g/mol. The van der Waals surface area contributed by atoms with Gasteiger partial charge in [0.2, 0.25) is 0 Å². The van der Waals surface area contributed by atoms with Gasteiger partial charge in [0.1, 0.15) is 23.7 Å². The summed E-state index contributed by atoms with van der Waals surface area (Å²) in [6.07, 6.45) is 3.91. The molecule has 1 aromatic carbocycles. The fourth-order valence-electron chi connectivity index (χ4n) is 5.56. The van der Waals surface area contributed by atoms with Crippen LogP contribution in [0.25, 0.3) is 22.2 Å². The highest BCUT2D eigenvalue weighted by Gasteiger charge is 2.45.